The van der Waals surface area contributed by atoms with Gasteiger partial charge in [-0.2, -0.15) is 0 Å². The lowest BCUT2D eigenvalue weighted by atomic mass is 9.49. The van der Waals surface area contributed by atoms with Crippen LogP contribution in [0.2, 0.25) is 0 Å². The molecular weight excluding hydrogens is 394 g/mol. The third-order valence-corrected chi connectivity index (χ3v) is 7.84. The summed E-state index contributed by atoms with van der Waals surface area (Å²) in [5.74, 6) is 0.968. The van der Waals surface area contributed by atoms with Gasteiger partial charge in [0.15, 0.2) is 6.61 Å². The predicted octanol–water partition coefficient (Wildman–Crippen LogP) is 4.27. The molecule has 0 aromatic rings. The molecule has 1 amide bonds. The van der Waals surface area contributed by atoms with E-state index in [1.807, 2.05) is 0 Å². The Balaban J connectivity index is 1.24. The van der Waals surface area contributed by atoms with E-state index in [-0.39, 0.29) is 28.2 Å². The molecule has 5 aliphatic carbocycles. The molecule has 5 heteroatoms. The van der Waals surface area contributed by atoms with Gasteiger partial charge >= 0.3 is 5.97 Å². The molecule has 0 aromatic carbocycles. The van der Waals surface area contributed by atoms with Gasteiger partial charge < -0.3 is 10.1 Å². The molecule has 4 nitrogen and oxygen atoms in total. The minimum Gasteiger partial charge on any atom is -0.455 e. The highest BCUT2D eigenvalue weighted by atomic mass is 79.9. The molecule has 5 rings (SSSR count). The van der Waals surface area contributed by atoms with Gasteiger partial charge in [0.05, 0.1) is 5.41 Å². The zero-order valence-electron chi connectivity index (χ0n) is 15.5. The van der Waals surface area contributed by atoms with Crippen LogP contribution in [0, 0.1) is 17.3 Å². The number of halogens is 1. The first-order valence-electron chi connectivity index (χ1n) is 10.3. The summed E-state index contributed by atoms with van der Waals surface area (Å²) in [6.07, 6.45) is 14.5. The molecule has 5 aliphatic rings. The van der Waals surface area contributed by atoms with Crippen molar-refractivity contribution in [2.24, 2.45) is 17.3 Å². The van der Waals surface area contributed by atoms with Crippen molar-refractivity contribution >= 4 is 27.8 Å². The fourth-order valence-electron chi connectivity index (χ4n) is 6.22. The second-order valence-corrected chi connectivity index (χ2v) is 10.9. The number of esters is 1. The number of nitrogens with one attached hydrogen (secondary N) is 1. The van der Waals surface area contributed by atoms with Crippen molar-refractivity contribution in [1.82, 2.24) is 5.32 Å². The Hall–Kier alpha value is -0.840. The third kappa shape index (κ3) is 3.88. The lowest BCUT2D eigenvalue weighted by Crippen LogP contribution is -2.56. The quantitative estimate of drug-likeness (QED) is 0.394. The van der Waals surface area contributed by atoms with E-state index in [0.717, 1.165) is 32.1 Å². The first-order valence-corrected chi connectivity index (χ1v) is 11.1. The summed E-state index contributed by atoms with van der Waals surface area (Å²) >= 11 is 3.92. The zero-order chi connectivity index (χ0) is 18.2. The summed E-state index contributed by atoms with van der Waals surface area (Å²) in [4.78, 5) is 24.9. The van der Waals surface area contributed by atoms with Gasteiger partial charge in [-0.25, -0.2) is 0 Å². The molecule has 144 valence electrons. The van der Waals surface area contributed by atoms with E-state index in [0.29, 0.717) is 18.4 Å². The fraction of sp³-hybridized carbons (Fsp3) is 0.810. The van der Waals surface area contributed by atoms with E-state index in [4.69, 9.17) is 4.74 Å². The van der Waals surface area contributed by atoms with Gasteiger partial charge in [0, 0.05) is 10.9 Å². The molecular formula is C21H30BrNO3. The van der Waals surface area contributed by atoms with Crippen LogP contribution in [-0.4, -0.2) is 29.4 Å². The van der Waals surface area contributed by atoms with E-state index in [9.17, 15) is 9.59 Å². The number of alkyl halides is 1. The number of carbonyl (C=O) groups excluding carboxylic acids is 2. The van der Waals surface area contributed by atoms with Gasteiger partial charge in [-0.3, -0.25) is 9.59 Å². The molecule has 0 heterocycles. The van der Waals surface area contributed by atoms with E-state index in [1.165, 1.54) is 44.1 Å². The van der Waals surface area contributed by atoms with Gasteiger partial charge in [0.25, 0.3) is 5.91 Å². The molecule has 0 radical (unpaired) electrons. The number of rotatable bonds is 6. The van der Waals surface area contributed by atoms with Gasteiger partial charge in [-0.05, 0) is 82.5 Å². The van der Waals surface area contributed by atoms with E-state index >= 15 is 0 Å². The molecule has 2 unspecified atom stereocenters. The highest BCUT2D eigenvalue weighted by Crippen LogP contribution is 2.64. The summed E-state index contributed by atoms with van der Waals surface area (Å²) in [6, 6.07) is 0. The Kier molecular flexibility index (Phi) is 5.19. The molecule has 2 atom stereocenters. The van der Waals surface area contributed by atoms with Crippen LogP contribution < -0.4 is 5.32 Å². The second-order valence-electron chi connectivity index (χ2n) is 9.18. The van der Waals surface area contributed by atoms with E-state index in [2.05, 4.69) is 27.3 Å². The number of hydrogen-bond acceptors (Lipinski definition) is 3. The Morgan fingerprint density at radius 3 is 2.62 bits per heavy atom. The molecule has 0 aliphatic heterocycles. The Morgan fingerprint density at radius 2 is 1.96 bits per heavy atom. The summed E-state index contributed by atoms with van der Waals surface area (Å²) in [7, 11) is 0. The molecule has 0 spiro atoms. The van der Waals surface area contributed by atoms with Crippen LogP contribution in [0.25, 0.3) is 0 Å². The number of allylic oxidation sites excluding steroid dienone is 1. The molecule has 1 N–H and O–H groups in total. The number of ether oxygens (including phenoxy) is 1. The first-order chi connectivity index (χ1) is 12.5. The van der Waals surface area contributed by atoms with Crippen molar-refractivity contribution in [3.63, 3.8) is 0 Å². The van der Waals surface area contributed by atoms with Crippen LogP contribution in [0.3, 0.4) is 0 Å². The minimum atomic E-state index is -0.346. The van der Waals surface area contributed by atoms with Crippen LogP contribution >= 0.6 is 15.9 Å². The fourth-order valence-corrected chi connectivity index (χ4v) is 7.67. The second kappa shape index (κ2) is 7.29. The SMILES string of the molecule is O=C(COC(=O)C12CC3CC(CC(Br)(C3)C1)C2)NCCC1=CCCCC1. The maximum absolute atomic E-state index is 12.8. The Labute approximate surface area is 164 Å². The maximum Gasteiger partial charge on any atom is 0.312 e. The standard InChI is InChI=1S/C21H30BrNO3/c22-21-11-16-8-17(12-21)10-20(9-16,14-21)19(25)26-13-18(24)23-7-6-15-4-2-1-3-5-15/h4,16-17H,1-3,5-14H2,(H,23,24). The van der Waals surface area contributed by atoms with Gasteiger partial charge in [0.2, 0.25) is 0 Å². The molecule has 26 heavy (non-hydrogen) atoms. The lowest BCUT2D eigenvalue weighted by Gasteiger charge is -2.58. The normalized spacial score (nSPS) is 38.0. The summed E-state index contributed by atoms with van der Waals surface area (Å²) < 4.78 is 5.62. The highest BCUT2D eigenvalue weighted by Gasteiger charge is 2.60. The number of hydrogen-bond donors (Lipinski definition) is 1. The summed E-state index contributed by atoms with van der Waals surface area (Å²) in [5, 5.41) is 2.90. The van der Waals surface area contributed by atoms with Crippen molar-refractivity contribution in [3.8, 4) is 0 Å². The molecule has 0 aromatic heterocycles. The average molecular weight is 424 g/mol. The van der Waals surface area contributed by atoms with Crippen LogP contribution in [0.4, 0.5) is 0 Å². The molecule has 4 fully saturated rings. The van der Waals surface area contributed by atoms with E-state index in [1.54, 1.807) is 0 Å². The zero-order valence-corrected chi connectivity index (χ0v) is 17.1. The van der Waals surface area contributed by atoms with Gasteiger partial charge in [-0.15, -0.1) is 0 Å². The van der Waals surface area contributed by atoms with Crippen molar-refractivity contribution in [3.05, 3.63) is 11.6 Å². The highest BCUT2D eigenvalue weighted by molar-refractivity contribution is 9.10. The van der Waals surface area contributed by atoms with Crippen molar-refractivity contribution in [2.45, 2.75) is 75.0 Å². The monoisotopic (exact) mass is 423 g/mol. The largest absolute Gasteiger partial charge is 0.455 e. The van der Waals surface area contributed by atoms with Crippen molar-refractivity contribution < 1.29 is 14.3 Å². The molecule has 4 bridgehead atoms. The molecule has 4 saturated carbocycles. The Bertz CT molecular complexity index is 600. The van der Waals surface area contributed by atoms with Crippen LogP contribution in [-0.2, 0) is 14.3 Å². The number of carbonyl (C=O) groups is 2. The predicted molar refractivity (Wildman–Crippen MR) is 104 cm³/mol. The van der Waals surface area contributed by atoms with Crippen LogP contribution in [0.15, 0.2) is 11.6 Å². The summed E-state index contributed by atoms with van der Waals surface area (Å²) in [5.41, 5.74) is 1.10. The van der Waals surface area contributed by atoms with Crippen LogP contribution in [0.5, 0.6) is 0 Å². The Morgan fingerprint density at radius 1 is 1.19 bits per heavy atom. The summed E-state index contributed by atoms with van der Waals surface area (Å²) in [6.45, 7) is 0.506. The lowest BCUT2D eigenvalue weighted by molar-refractivity contribution is -0.171. The van der Waals surface area contributed by atoms with Gasteiger partial charge in [0.1, 0.15) is 0 Å². The smallest absolute Gasteiger partial charge is 0.312 e. The van der Waals surface area contributed by atoms with Crippen molar-refractivity contribution in [1.29, 1.82) is 0 Å². The first kappa shape index (κ1) is 18.5. The minimum absolute atomic E-state index is 0.131. The van der Waals surface area contributed by atoms with Gasteiger partial charge in [-0.1, -0.05) is 27.6 Å². The third-order valence-electron chi connectivity index (χ3n) is 6.91. The topological polar surface area (TPSA) is 55.4 Å². The van der Waals surface area contributed by atoms with E-state index < -0.39 is 0 Å². The molecule has 0 saturated heterocycles. The number of amides is 1. The maximum atomic E-state index is 12.8. The average Bonchev–Trinajstić information content (AvgIpc) is 2.58. The van der Waals surface area contributed by atoms with Crippen LogP contribution in [0.1, 0.15) is 70.6 Å². The van der Waals surface area contributed by atoms with Crippen molar-refractivity contribution in [2.75, 3.05) is 13.2 Å².